The highest BCUT2D eigenvalue weighted by molar-refractivity contribution is 5.85. The lowest BCUT2D eigenvalue weighted by atomic mass is 9.69. The van der Waals surface area contributed by atoms with Gasteiger partial charge in [0.25, 0.3) is 0 Å². The van der Waals surface area contributed by atoms with Crippen molar-refractivity contribution in [2.24, 2.45) is 17.8 Å². The molecule has 1 heterocycles. The van der Waals surface area contributed by atoms with Gasteiger partial charge in [0, 0.05) is 12.3 Å². The average Bonchev–Trinajstić information content (AvgIpc) is 2.40. The van der Waals surface area contributed by atoms with Gasteiger partial charge in [-0.15, -0.1) is 0 Å². The third-order valence-electron chi connectivity index (χ3n) is 5.33. The molecule has 2 saturated carbocycles. The fourth-order valence-electron chi connectivity index (χ4n) is 4.16. The SMILES string of the molecule is O=C1C2CCC(O)CC2OC(O)C1C1CCC(O)CC1. The molecule has 3 N–H and O–H groups in total. The maximum absolute atomic E-state index is 12.7. The van der Waals surface area contributed by atoms with E-state index in [2.05, 4.69) is 0 Å². The molecule has 3 aliphatic rings. The molecule has 0 aromatic rings. The second kappa shape index (κ2) is 5.72. The minimum atomic E-state index is -1.05. The summed E-state index contributed by atoms with van der Waals surface area (Å²) in [6.45, 7) is 0. The maximum atomic E-state index is 12.7. The average molecular weight is 284 g/mol. The Balaban J connectivity index is 1.71. The molecule has 3 fully saturated rings. The number of carbonyl (C=O) groups excluding carboxylic acids is 1. The van der Waals surface area contributed by atoms with Crippen LogP contribution in [0.15, 0.2) is 0 Å². The number of ketones is 1. The van der Waals surface area contributed by atoms with E-state index in [9.17, 15) is 20.1 Å². The van der Waals surface area contributed by atoms with Crippen molar-refractivity contribution in [2.75, 3.05) is 0 Å². The van der Waals surface area contributed by atoms with E-state index in [1.807, 2.05) is 0 Å². The molecule has 5 nitrogen and oxygen atoms in total. The van der Waals surface area contributed by atoms with Crippen LogP contribution < -0.4 is 0 Å². The summed E-state index contributed by atoms with van der Waals surface area (Å²) in [6.07, 6.45) is 2.65. The summed E-state index contributed by atoms with van der Waals surface area (Å²) >= 11 is 0. The Morgan fingerprint density at radius 2 is 1.55 bits per heavy atom. The highest BCUT2D eigenvalue weighted by Gasteiger charge is 2.49. The Kier molecular flexibility index (Phi) is 4.13. The molecule has 0 aromatic carbocycles. The highest BCUT2D eigenvalue weighted by atomic mass is 16.6. The van der Waals surface area contributed by atoms with Gasteiger partial charge in [-0.1, -0.05) is 0 Å². The van der Waals surface area contributed by atoms with Crippen LogP contribution in [-0.2, 0) is 9.53 Å². The fourth-order valence-corrected chi connectivity index (χ4v) is 4.16. The van der Waals surface area contributed by atoms with Crippen LogP contribution in [0, 0.1) is 17.8 Å². The Labute approximate surface area is 118 Å². The van der Waals surface area contributed by atoms with Crippen LogP contribution in [0.5, 0.6) is 0 Å². The standard InChI is InChI=1S/C15H24O5/c16-9-3-1-8(2-4-9)13-14(18)11-6-5-10(17)7-12(11)20-15(13)19/h8-13,15-17,19H,1-7H2. The van der Waals surface area contributed by atoms with E-state index in [1.54, 1.807) is 0 Å². The van der Waals surface area contributed by atoms with Gasteiger partial charge in [0.2, 0.25) is 0 Å². The molecular weight excluding hydrogens is 260 g/mol. The molecule has 0 aromatic heterocycles. The van der Waals surface area contributed by atoms with E-state index < -0.39 is 18.3 Å². The molecule has 3 rings (SSSR count). The van der Waals surface area contributed by atoms with Gasteiger partial charge in [0.05, 0.1) is 24.2 Å². The maximum Gasteiger partial charge on any atom is 0.164 e. The van der Waals surface area contributed by atoms with Crippen molar-refractivity contribution in [1.29, 1.82) is 0 Å². The summed E-state index contributed by atoms with van der Waals surface area (Å²) in [6, 6.07) is 0. The van der Waals surface area contributed by atoms with Crippen molar-refractivity contribution in [3.05, 3.63) is 0 Å². The van der Waals surface area contributed by atoms with Gasteiger partial charge in [-0.3, -0.25) is 4.79 Å². The molecule has 1 saturated heterocycles. The monoisotopic (exact) mass is 284 g/mol. The minimum Gasteiger partial charge on any atom is -0.393 e. The van der Waals surface area contributed by atoms with Gasteiger partial charge < -0.3 is 20.1 Å². The summed E-state index contributed by atoms with van der Waals surface area (Å²) < 4.78 is 5.64. The van der Waals surface area contributed by atoms with Crippen molar-refractivity contribution in [1.82, 2.24) is 0 Å². The van der Waals surface area contributed by atoms with Gasteiger partial charge in [0.15, 0.2) is 6.29 Å². The molecule has 5 unspecified atom stereocenters. The van der Waals surface area contributed by atoms with E-state index >= 15 is 0 Å². The lowest BCUT2D eigenvalue weighted by Gasteiger charge is -2.45. The first-order valence-corrected chi connectivity index (χ1v) is 7.79. The predicted octanol–water partition coefficient (Wildman–Crippen LogP) is 0.601. The van der Waals surface area contributed by atoms with Gasteiger partial charge in [-0.05, 0) is 44.4 Å². The number of Topliss-reactive ketones (excluding diaryl/α,β-unsaturated/α-hetero) is 1. The van der Waals surface area contributed by atoms with Crippen LogP contribution in [-0.4, -0.2) is 45.7 Å². The number of ether oxygens (including phenoxy) is 1. The van der Waals surface area contributed by atoms with Crippen LogP contribution in [0.25, 0.3) is 0 Å². The molecule has 20 heavy (non-hydrogen) atoms. The van der Waals surface area contributed by atoms with Crippen LogP contribution in [0.1, 0.15) is 44.9 Å². The van der Waals surface area contributed by atoms with Gasteiger partial charge in [0.1, 0.15) is 5.78 Å². The van der Waals surface area contributed by atoms with E-state index in [0.29, 0.717) is 32.1 Å². The van der Waals surface area contributed by atoms with Crippen molar-refractivity contribution in [3.8, 4) is 0 Å². The van der Waals surface area contributed by atoms with Crippen LogP contribution >= 0.6 is 0 Å². The number of hydrogen-bond acceptors (Lipinski definition) is 5. The van der Waals surface area contributed by atoms with Crippen molar-refractivity contribution in [2.45, 2.75) is 69.5 Å². The molecule has 5 atom stereocenters. The molecule has 0 spiro atoms. The Hall–Kier alpha value is -0.490. The number of aliphatic hydroxyl groups is 3. The molecule has 0 bridgehead atoms. The zero-order valence-electron chi connectivity index (χ0n) is 11.6. The number of fused-ring (bicyclic) bond motifs is 1. The number of rotatable bonds is 1. The Morgan fingerprint density at radius 3 is 2.25 bits per heavy atom. The fraction of sp³-hybridized carbons (Fsp3) is 0.933. The normalized spacial score (nSPS) is 49.8. The van der Waals surface area contributed by atoms with Crippen LogP contribution in [0.3, 0.4) is 0 Å². The second-order valence-electron chi connectivity index (χ2n) is 6.64. The first-order valence-electron chi connectivity index (χ1n) is 7.79. The zero-order chi connectivity index (χ0) is 14.3. The number of aliphatic hydroxyl groups excluding tert-OH is 3. The summed E-state index contributed by atoms with van der Waals surface area (Å²) in [5.74, 6) is -0.381. The predicted molar refractivity (Wildman–Crippen MR) is 70.7 cm³/mol. The first kappa shape index (κ1) is 14.4. The molecule has 0 amide bonds. The third kappa shape index (κ3) is 2.64. The topological polar surface area (TPSA) is 87.0 Å². The molecule has 2 aliphatic carbocycles. The smallest absolute Gasteiger partial charge is 0.164 e. The second-order valence-corrected chi connectivity index (χ2v) is 6.64. The number of carbonyl (C=O) groups is 1. The lowest BCUT2D eigenvalue weighted by Crippen LogP contribution is -2.53. The van der Waals surface area contributed by atoms with E-state index in [-0.39, 0.29) is 29.8 Å². The molecular formula is C15H24O5. The van der Waals surface area contributed by atoms with E-state index in [1.165, 1.54) is 0 Å². The summed E-state index contributed by atoms with van der Waals surface area (Å²) in [5, 5.41) is 29.4. The van der Waals surface area contributed by atoms with Crippen molar-refractivity contribution < 1.29 is 24.9 Å². The first-order chi connectivity index (χ1) is 9.56. The van der Waals surface area contributed by atoms with Crippen molar-refractivity contribution in [3.63, 3.8) is 0 Å². The highest BCUT2D eigenvalue weighted by Crippen LogP contribution is 2.42. The zero-order valence-corrected chi connectivity index (χ0v) is 11.6. The Morgan fingerprint density at radius 1 is 0.900 bits per heavy atom. The van der Waals surface area contributed by atoms with Gasteiger partial charge >= 0.3 is 0 Å². The van der Waals surface area contributed by atoms with Crippen LogP contribution in [0.2, 0.25) is 0 Å². The quantitative estimate of drug-likeness (QED) is 0.656. The Bertz CT molecular complexity index is 363. The largest absolute Gasteiger partial charge is 0.393 e. The van der Waals surface area contributed by atoms with E-state index in [4.69, 9.17) is 4.74 Å². The van der Waals surface area contributed by atoms with Gasteiger partial charge in [-0.2, -0.15) is 0 Å². The molecule has 5 heteroatoms. The third-order valence-corrected chi connectivity index (χ3v) is 5.33. The summed E-state index contributed by atoms with van der Waals surface area (Å²) in [7, 11) is 0. The molecule has 114 valence electrons. The van der Waals surface area contributed by atoms with E-state index in [0.717, 1.165) is 12.8 Å². The number of hydrogen-bond donors (Lipinski definition) is 3. The van der Waals surface area contributed by atoms with Crippen LogP contribution in [0.4, 0.5) is 0 Å². The lowest BCUT2D eigenvalue weighted by molar-refractivity contribution is -0.228. The van der Waals surface area contributed by atoms with Crippen molar-refractivity contribution >= 4 is 5.78 Å². The minimum absolute atomic E-state index is 0.113. The van der Waals surface area contributed by atoms with Gasteiger partial charge in [-0.25, -0.2) is 0 Å². The molecule has 0 radical (unpaired) electrons. The molecule has 1 aliphatic heterocycles. The summed E-state index contributed by atoms with van der Waals surface area (Å²) in [5.41, 5.74) is 0. The summed E-state index contributed by atoms with van der Waals surface area (Å²) in [4.78, 5) is 12.7.